The number of hydrogen-bond donors (Lipinski definition) is 0. The first-order valence-corrected chi connectivity index (χ1v) is 15.1. The Balaban J connectivity index is 1.40. The van der Waals surface area contributed by atoms with E-state index in [-0.39, 0.29) is 16.0 Å². The van der Waals surface area contributed by atoms with Gasteiger partial charge >= 0.3 is 12.3 Å². The number of nitrogens with zero attached hydrogens (tertiary/aromatic N) is 2. The fourth-order valence-corrected chi connectivity index (χ4v) is 7.82. The number of esters is 1. The molecule has 3 heterocycles. The van der Waals surface area contributed by atoms with Crippen LogP contribution in [0.4, 0.5) is 23.9 Å². The van der Waals surface area contributed by atoms with Crippen molar-refractivity contribution in [2.24, 2.45) is 17.3 Å². The van der Waals surface area contributed by atoms with Crippen molar-refractivity contribution in [2.75, 3.05) is 17.1 Å². The van der Waals surface area contributed by atoms with E-state index in [0.717, 1.165) is 33.9 Å². The maximum Gasteiger partial charge on any atom is 0.573 e. The van der Waals surface area contributed by atoms with Gasteiger partial charge in [0.05, 0.1) is 24.4 Å². The van der Waals surface area contributed by atoms with E-state index in [1.54, 1.807) is 30.3 Å². The lowest BCUT2D eigenvalue weighted by Crippen LogP contribution is -2.37. The first-order chi connectivity index (χ1) is 20.8. The SMILES string of the molecule is COC(=O)c1c(N2C(=O)[C@H]3[C@@H](c4ccc(OC(F)(F)F)cc4)N(c4ccccc4)O[C@H]3C2=O)sc2c1CC[C@H](C(C)(C)C)C2. The van der Waals surface area contributed by atoms with Gasteiger partial charge in [-0.15, -0.1) is 24.5 Å². The van der Waals surface area contributed by atoms with Crippen molar-refractivity contribution >= 4 is 39.8 Å². The molecule has 0 saturated carbocycles. The number of amides is 2. The number of alkyl halides is 3. The average molecular weight is 629 g/mol. The number of ether oxygens (including phenoxy) is 2. The molecule has 1 aliphatic carbocycles. The number of thiophene rings is 1. The first-order valence-electron chi connectivity index (χ1n) is 14.3. The standard InChI is InChI=1S/C32H31F3N2O6S/c1-31(2,3)18-12-15-21-22(16-18)44-29(23(21)30(40)41-4)36-27(38)24-25(17-10-13-20(14-11-17)42-32(33,34)35)37(43-26(24)28(36)39)19-8-6-5-7-9-19/h5-11,13-14,18,24-26H,12,15-16H2,1-4H3/t18-,24-,25+,26+/m0/s1. The fourth-order valence-electron chi connectivity index (χ4n) is 6.40. The van der Waals surface area contributed by atoms with Crippen molar-refractivity contribution in [1.82, 2.24) is 0 Å². The van der Waals surface area contributed by atoms with Gasteiger partial charge in [0.1, 0.15) is 16.7 Å². The summed E-state index contributed by atoms with van der Waals surface area (Å²) in [6.07, 6.45) is -3.89. The Morgan fingerprint density at radius 3 is 2.30 bits per heavy atom. The molecule has 44 heavy (non-hydrogen) atoms. The van der Waals surface area contributed by atoms with Gasteiger partial charge < -0.3 is 9.47 Å². The van der Waals surface area contributed by atoms with Gasteiger partial charge in [0.25, 0.3) is 5.91 Å². The summed E-state index contributed by atoms with van der Waals surface area (Å²) in [5.41, 5.74) is 2.08. The number of imide groups is 1. The van der Waals surface area contributed by atoms with Crippen LogP contribution < -0.4 is 14.7 Å². The van der Waals surface area contributed by atoms with E-state index in [1.165, 1.54) is 35.6 Å². The van der Waals surface area contributed by atoms with Crippen molar-refractivity contribution in [1.29, 1.82) is 0 Å². The number of fused-ring (bicyclic) bond motifs is 2. The van der Waals surface area contributed by atoms with Gasteiger partial charge in [0.15, 0.2) is 6.10 Å². The first kappa shape index (κ1) is 30.1. The zero-order valence-corrected chi connectivity index (χ0v) is 25.3. The zero-order chi connectivity index (χ0) is 31.6. The molecule has 0 N–H and O–H groups in total. The van der Waals surface area contributed by atoms with Gasteiger partial charge in [-0.05, 0) is 66.0 Å². The molecule has 3 aliphatic rings. The number of hydroxylamine groups is 1. The van der Waals surface area contributed by atoms with Crippen LogP contribution in [0.3, 0.4) is 0 Å². The third-order valence-electron chi connectivity index (χ3n) is 8.65. The molecule has 2 aromatic carbocycles. The Bertz CT molecular complexity index is 1600. The zero-order valence-electron chi connectivity index (χ0n) is 24.5. The quantitative estimate of drug-likeness (QED) is 0.232. The number of benzene rings is 2. The lowest BCUT2D eigenvalue weighted by atomic mass is 9.72. The molecule has 0 radical (unpaired) electrons. The smallest absolute Gasteiger partial charge is 0.465 e. The number of anilines is 2. The number of carbonyl (C=O) groups excluding carboxylic acids is 3. The second-order valence-corrected chi connectivity index (χ2v) is 13.4. The molecule has 2 amide bonds. The Morgan fingerprint density at radius 1 is 1.00 bits per heavy atom. The highest BCUT2D eigenvalue weighted by Gasteiger charge is 2.61. The van der Waals surface area contributed by atoms with Crippen LogP contribution in [0.15, 0.2) is 54.6 Å². The minimum atomic E-state index is -4.86. The lowest BCUT2D eigenvalue weighted by Gasteiger charge is -2.33. The van der Waals surface area contributed by atoms with E-state index in [0.29, 0.717) is 30.0 Å². The minimum Gasteiger partial charge on any atom is -0.465 e. The van der Waals surface area contributed by atoms with E-state index in [4.69, 9.17) is 9.57 Å². The molecule has 0 spiro atoms. The van der Waals surface area contributed by atoms with Crippen LogP contribution in [0, 0.1) is 17.3 Å². The summed E-state index contributed by atoms with van der Waals surface area (Å²) in [5.74, 6) is -2.89. The molecule has 2 aliphatic heterocycles. The van der Waals surface area contributed by atoms with E-state index >= 15 is 0 Å². The molecular weight excluding hydrogens is 597 g/mol. The number of carbonyl (C=O) groups is 3. The van der Waals surface area contributed by atoms with Crippen molar-refractivity contribution in [2.45, 2.75) is 58.5 Å². The van der Waals surface area contributed by atoms with Crippen LogP contribution in [0.5, 0.6) is 5.75 Å². The molecule has 3 aromatic rings. The predicted molar refractivity (Wildman–Crippen MR) is 156 cm³/mol. The molecule has 8 nitrogen and oxygen atoms in total. The summed E-state index contributed by atoms with van der Waals surface area (Å²) in [6, 6.07) is 13.1. The topological polar surface area (TPSA) is 85.4 Å². The van der Waals surface area contributed by atoms with E-state index in [2.05, 4.69) is 25.5 Å². The van der Waals surface area contributed by atoms with Gasteiger partial charge in [0, 0.05) is 4.88 Å². The Morgan fingerprint density at radius 2 is 1.68 bits per heavy atom. The number of para-hydroxylation sites is 1. The molecule has 232 valence electrons. The fraction of sp³-hybridized carbons (Fsp3) is 0.406. The Labute approximate surface area is 256 Å². The van der Waals surface area contributed by atoms with Crippen LogP contribution in [0.2, 0.25) is 0 Å². The van der Waals surface area contributed by atoms with Crippen molar-refractivity contribution < 1.29 is 41.9 Å². The minimum absolute atomic E-state index is 0.0340. The predicted octanol–water partition coefficient (Wildman–Crippen LogP) is 6.64. The summed E-state index contributed by atoms with van der Waals surface area (Å²) in [4.78, 5) is 49.6. The Hall–Kier alpha value is -3.90. The molecule has 0 bridgehead atoms. The largest absolute Gasteiger partial charge is 0.573 e. The average Bonchev–Trinajstić information content (AvgIpc) is 3.62. The van der Waals surface area contributed by atoms with Crippen LogP contribution in [0.1, 0.15) is 59.6 Å². The maximum absolute atomic E-state index is 14.3. The highest BCUT2D eigenvalue weighted by molar-refractivity contribution is 7.17. The summed E-state index contributed by atoms with van der Waals surface area (Å²) in [6.45, 7) is 6.51. The number of rotatable bonds is 5. The molecule has 4 atom stereocenters. The number of methoxy groups -OCH3 is 1. The van der Waals surface area contributed by atoms with Crippen molar-refractivity contribution in [3.8, 4) is 5.75 Å². The normalized spacial score (nSPS) is 23.5. The number of hydrogen-bond acceptors (Lipinski definition) is 8. The van der Waals surface area contributed by atoms with Crippen LogP contribution >= 0.6 is 11.3 Å². The van der Waals surface area contributed by atoms with Crippen LogP contribution in [-0.2, 0) is 32.0 Å². The monoisotopic (exact) mass is 628 g/mol. The molecule has 2 saturated heterocycles. The van der Waals surface area contributed by atoms with Gasteiger partial charge in [-0.3, -0.25) is 14.4 Å². The van der Waals surface area contributed by atoms with Gasteiger partial charge in [0.2, 0.25) is 5.91 Å². The van der Waals surface area contributed by atoms with E-state index in [9.17, 15) is 27.6 Å². The van der Waals surface area contributed by atoms with Crippen LogP contribution in [0.25, 0.3) is 0 Å². The number of halogens is 3. The summed E-state index contributed by atoms with van der Waals surface area (Å²) in [5, 5.41) is 1.68. The van der Waals surface area contributed by atoms with Gasteiger partial charge in [-0.25, -0.2) is 14.8 Å². The maximum atomic E-state index is 14.3. The second kappa shape index (κ2) is 10.9. The van der Waals surface area contributed by atoms with E-state index < -0.39 is 48.0 Å². The van der Waals surface area contributed by atoms with E-state index in [1.807, 2.05) is 0 Å². The van der Waals surface area contributed by atoms with Crippen molar-refractivity contribution in [3.05, 3.63) is 76.2 Å². The van der Waals surface area contributed by atoms with Crippen LogP contribution in [-0.4, -0.2) is 37.4 Å². The second-order valence-electron chi connectivity index (χ2n) is 12.3. The molecule has 6 rings (SSSR count). The van der Waals surface area contributed by atoms with Gasteiger partial charge in [-0.2, -0.15) is 0 Å². The molecule has 0 unspecified atom stereocenters. The van der Waals surface area contributed by atoms with Crippen molar-refractivity contribution in [3.63, 3.8) is 0 Å². The third-order valence-corrected chi connectivity index (χ3v) is 9.88. The molecular formula is C32H31F3N2O6S. The molecule has 1 aromatic heterocycles. The third kappa shape index (κ3) is 5.23. The highest BCUT2D eigenvalue weighted by atomic mass is 32.1. The lowest BCUT2D eigenvalue weighted by molar-refractivity contribution is -0.274. The summed E-state index contributed by atoms with van der Waals surface area (Å²) < 4.78 is 47.6. The molecule has 12 heteroatoms. The summed E-state index contributed by atoms with van der Waals surface area (Å²) in [7, 11) is 1.27. The van der Waals surface area contributed by atoms with Gasteiger partial charge in [-0.1, -0.05) is 51.1 Å². The highest BCUT2D eigenvalue weighted by Crippen LogP contribution is 2.51. The Kier molecular flexibility index (Phi) is 7.48. The summed E-state index contributed by atoms with van der Waals surface area (Å²) >= 11 is 1.26. The molecule has 2 fully saturated rings.